The summed E-state index contributed by atoms with van der Waals surface area (Å²) < 4.78 is 3.63. The molecule has 4 aromatic rings. The van der Waals surface area contributed by atoms with Crippen LogP contribution in [0.2, 0.25) is 0 Å². The molecule has 0 aliphatic carbocycles. The molecule has 0 spiro atoms. The molecule has 0 amide bonds. The SMILES string of the molecule is Cc1nn(C)c(C)c1-c1cc(-c2cccn2-c2ncccn2)c(C#N)c(N)n1. The number of aryl methyl sites for hydroxylation is 2. The molecule has 2 N–H and O–H groups in total. The summed E-state index contributed by atoms with van der Waals surface area (Å²) in [5, 5.41) is 14.2. The molecule has 28 heavy (non-hydrogen) atoms. The molecule has 0 fully saturated rings. The second kappa shape index (κ2) is 6.63. The van der Waals surface area contributed by atoms with E-state index in [0.29, 0.717) is 22.8 Å². The van der Waals surface area contributed by atoms with E-state index in [1.807, 2.05) is 49.9 Å². The fraction of sp³-hybridized carbons (Fsp3) is 0.150. The van der Waals surface area contributed by atoms with Crippen molar-refractivity contribution >= 4 is 5.82 Å². The molecule has 0 atom stereocenters. The van der Waals surface area contributed by atoms with Crippen LogP contribution in [0.3, 0.4) is 0 Å². The predicted molar refractivity (Wildman–Crippen MR) is 105 cm³/mol. The number of aromatic nitrogens is 6. The third kappa shape index (κ3) is 2.70. The molecule has 4 heterocycles. The summed E-state index contributed by atoms with van der Waals surface area (Å²) in [6.07, 6.45) is 5.20. The van der Waals surface area contributed by atoms with Crippen LogP contribution in [-0.2, 0) is 7.05 Å². The Kier molecular flexibility index (Phi) is 4.12. The Morgan fingerprint density at radius 3 is 2.54 bits per heavy atom. The van der Waals surface area contributed by atoms with Gasteiger partial charge in [0.05, 0.1) is 17.1 Å². The number of hydrogen-bond donors (Lipinski definition) is 1. The maximum atomic E-state index is 9.71. The Morgan fingerprint density at radius 1 is 1.14 bits per heavy atom. The summed E-state index contributed by atoms with van der Waals surface area (Å²) >= 11 is 0. The highest BCUT2D eigenvalue weighted by Gasteiger charge is 2.20. The van der Waals surface area contributed by atoms with Crippen LogP contribution in [0, 0.1) is 25.2 Å². The van der Waals surface area contributed by atoms with Crippen molar-refractivity contribution in [2.24, 2.45) is 7.05 Å². The van der Waals surface area contributed by atoms with E-state index in [-0.39, 0.29) is 5.82 Å². The zero-order chi connectivity index (χ0) is 19.8. The van der Waals surface area contributed by atoms with Crippen LogP contribution in [0.1, 0.15) is 17.0 Å². The van der Waals surface area contributed by atoms with E-state index in [0.717, 1.165) is 22.6 Å². The van der Waals surface area contributed by atoms with Crippen molar-refractivity contribution in [2.75, 3.05) is 5.73 Å². The maximum absolute atomic E-state index is 9.71. The van der Waals surface area contributed by atoms with Gasteiger partial charge in [0.25, 0.3) is 0 Å². The average molecular weight is 370 g/mol. The van der Waals surface area contributed by atoms with E-state index in [1.54, 1.807) is 23.1 Å². The summed E-state index contributed by atoms with van der Waals surface area (Å²) in [6, 6.07) is 9.59. The van der Waals surface area contributed by atoms with Gasteiger partial charge >= 0.3 is 0 Å². The Balaban J connectivity index is 1.98. The van der Waals surface area contributed by atoms with Gasteiger partial charge in [0.1, 0.15) is 17.5 Å². The highest BCUT2D eigenvalue weighted by Crippen LogP contribution is 2.34. The van der Waals surface area contributed by atoms with Crippen molar-refractivity contribution in [3.05, 3.63) is 59.8 Å². The van der Waals surface area contributed by atoms with Gasteiger partial charge in [0.15, 0.2) is 0 Å². The number of pyridine rings is 1. The lowest BCUT2D eigenvalue weighted by Gasteiger charge is -2.12. The Labute approximate surface area is 161 Å². The minimum Gasteiger partial charge on any atom is -0.383 e. The minimum atomic E-state index is 0.180. The Bertz CT molecular complexity index is 1210. The number of rotatable bonds is 3. The fourth-order valence-electron chi connectivity index (χ4n) is 3.35. The van der Waals surface area contributed by atoms with Crippen LogP contribution >= 0.6 is 0 Å². The number of nitrogen functional groups attached to an aromatic ring is 1. The van der Waals surface area contributed by atoms with Gasteiger partial charge in [-0.25, -0.2) is 15.0 Å². The summed E-state index contributed by atoms with van der Waals surface area (Å²) in [5.41, 5.74) is 11.3. The summed E-state index contributed by atoms with van der Waals surface area (Å²) in [4.78, 5) is 13.1. The van der Waals surface area contributed by atoms with Crippen LogP contribution < -0.4 is 5.73 Å². The highest BCUT2D eigenvalue weighted by molar-refractivity contribution is 5.80. The average Bonchev–Trinajstić information content (AvgIpc) is 3.26. The normalized spacial score (nSPS) is 10.8. The molecule has 4 aromatic heterocycles. The quantitative estimate of drug-likeness (QED) is 0.593. The van der Waals surface area contributed by atoms with E-state index in [1.165, 1.54) is 0 Å². The molecule has 138 valence electrons. The summed E-state index contributed by atoms with van der Waals surface area (Å²) in [6.45, 7) is 3.91. The smallest absolute Gasteiger partial charge is 0.234 e. The Hall–Kier alpha value is -3.99. The first-order valence-electron chi connectivity index (χ1n) is 8.67. The van der Waals surface area contributed by atoms with E-state index < -0.39 is 0 Å². The number of nitrogens with two attached hydrogens (primary N) is 1. The minimum absolute atomic E-state index is 0.180. The molecule has 8 nitrogen and oxygen atoms in total. The molecule has 0 aliphatic rings. The van der Waals surface area contributed by atoms with E-state index in [2.05, 4.69) is 26.1 Å². The third-order valence-electron chi connectivity index (χ3n) is 4.72. The van der Waals surface area contributed by atoms with E-state index in [4.69, 9.17) is 5.73 Å². The zero-order valence-corrected chi connectivity index (χ0v) is 15.7. The second-order valence-corrected chi connectivity index (χ2v) is 6.41. The topological polar surface area (TPSA) is 111 Å². The molecule has 0 unspecified atom stereocenters. The predicted octanol–water partition coefficient (Wildman–Crippen LogP) is 2.80. The van der Waals surface area contributed by atoms with Gasteiger partial charge in [-0.15, -0.1) is 0 Å². The van der Waals surface area contributed by atoms with Crippen molar-refractivity contribution in [2.45, 2.75) is 13.8 Å². The number of nitriles is 1. The van der Waals surface area contributed by atoms with Gasteiger partial charge in [-0.1, -0.05) is 0 Å². The van der Waals surface area contributed by atoms with Crippen LogP contribution in [0.25, 0.3) is 28.5 Å². The van der Waals surface area contributed by atoms with Crippen LogP contribution in [-0.4, -0.2) is 29.3 Å². The molecule has 0 radical (unpaired) electrons. The van der Waals surface area contributed by atoms with Gasteiger partial charge in [0.2, 0.25) is 5.95 Å². The fourth-order valence-corrected chi connectivity index (χ4v) is 3.35. The van der Waals surface area contributed by atoms with Crippen molar-refractivity contribution < 1.29 is 0 Å². The second-order valence-electron chi connectivity index (χ2n) is 6.41. The third-order valence-corrected chi connectivity index (χ3v) is 4.72. The van der Waals surface area contributed by atoms with Crippen LogP contribution in [0.5, 0.6) is 0 Å². The van der Waals surface area contributed by atoms with Gasteiger partial charge < -0.3 is 5.73 Å². The van der Waals surface area contributed by atoms with Gasteiger partial charge in [-0.05, 0) is 38.1 Å². The number of anilines is 1. The first kappa shape index (κ1) is 17.4. The molecule has 4 rings (SSSR count). The summed E-state index contributed by atoms with van der Waals surface area (Å²) in [7, 11) is 1.89. The standard InChI is InChI=1S/C20H18N8/c1-12-18(13(2)27(3)26-12)16-10-14(15(11-21)19(22)25-16)17-6-4-9-28(17)20-23-7-5-8-24-20/h4-10H,1-3H3,(H2,22,25). The number of hydrogen-bond acceptors (Lipinski definition) is 6. The van der Waals surface area contributed by atoms with Crippen LogP contribution in [0.15, 0.2) is 42.9 Å². The molecule has 8 heteroatoms. The highest BCUT2D eigenvalue weighted by atomic mass is 15.3. The van der Waals surface area contributed by atoms with Crippen molar-refractivity contribution in [1.29, 1.82) is 5.26 Å². The van der Waals surface area contributed by atoms with E-state index in [9.17, 15) is 5.26 Å². The van der Waals surface area contributed by atoms with Gasteiger partial charge in [0, 0.05) is 42.5 Å². The van der Waals surface area contributed by atoms with Crippen molar-refractivity contribution in [3.63, 3.8) is 0 Å². The van der Waals surface area contributed by atoms with Crippen LogP contribution in [0.4, 0.5) is 5.82 Å². The molecule has 0 bridgehead atoms. The monoisotopic (exact) mass is 370 g/mol. The number of nitrogens with zero attached hydrogens (tertiary/aromatic N) is 7. The van der Waals surface area contributed by atoms with E-state index >= 15 is 0 Å². The molecule has 0 saturated heterocycles. The molecule has 0 aliphatic heterocycles. The first-order valence-corrected chi connectivity index (χ1v) is 8.67. The lowest BCUT2D eigenvalue weighted by atomic mass is 10.0. The Morgan fingerprint density at radius 2 is 1.89 bits per heavy atom. The molecular formula is C20H18N8. The maximum Gasteiger partial charge on any atom is 0.234 e. The lowest BCUT2D eigenvalue weighted by molar-refractivity contribution is 0.731. The molecular weight excluding hydrogens is 352 g/mol. The molecule has 0 saturated carbocycles. The van der Waals surface area contributed by atoms with Crippen molar-refractivity contribution in [1.82, 2.24) is 29.3 Å². The zero-order valence-electron chi connectivity index (χ0n) is 15.7. The lowest BCUT2D eigenvalue weighted by Crippen LogP contribution is -2.05. The van der Waals surface area contributed by atoms with Crippen molar-refractivity contribution in [3.8, 4) is 34.5 Å². The van der Waals surface area contributed by atoms with Gasteiger partial charge in [-0.2, -0.15) is 10.4 Å². The first-order chi connectivity index (χ1) is 13.5. The molecule has 0 aromatic carbocycles. The van der Waals surface area contributed by atoms with Gasteiger partial charge in [-0.3, -0.25) is 9.25 Å². The largest absolute Gasteiger partial charge is 0.383 e. The summed E-state index contributed by atoms with van der Waals surface area (Å²) in [5.74, 6) is 0.691.